The first kappa shape index (κ1) is 16.1. The molecule has 132 valence electrons. The summed E-state index contributed by atoms with van der Waals surface area (Å²) in [6.07, 6.45) is 3.95. The summed E-state index contributed by atoms with van der Waals surface area (Å²) in [6.45, 7) is 2.61. The number of urea groups is 1. The predicted molar refractivity (Wildman–Crippen MR) is 90.5 cm³/mol. The second kappa shape index (κ2) is 6.82. The molecule has 25 heavy (non-hydrogen) atoms. The zero-order valence-corrected chi connectivity index (χ0v) is 14.1. The normalized spacial score (nSPS) is 17.6. The predicted octanol–water partition coefficient (Wildman–Crippen LogP) is 2.45. The number of rotatable bonds is 3. The molecule has 2 aliphatic heterocycles. The van der Waals surface area contributed by atoms with E-state index < -0.39 is 0 Å². The van der Waals surface area contributed by atoms with Crippen LogP contribution < -0.4 is 5.32 Å². The van der Waals surface area contributed by atoms with Crippen molar-refractivity contribution >= 4 is 6.03 Å². The Bertz CT molecular complexity index is 767. The molecule has 0 saturated carbocycles. The van der Waals surface area contributed by atoms with E-state index in [1.807, 2.05) is 0 Å². The summed E-state index contributed by atoms with van der Waals surface area (Å²) < 4.78 is 15.9. The Labute approximate surface area is 146 Å². The molecule has 0 unspecified atom stereocenters. The van der Waals surface area contributed by atoms with E-state index in [1.54, 1.807) is 23.1 Å². The average molecular weight is 343 g/mol. The van der Waals surface area contributed by atoms with Crippen molar-refractivity contribution in [2.75, 3.05) is 13.1 Å². The van der Waals surface area contributed by atoms with Crippen molar-refractivity contribution in [3.8, 4) is 0 Å². The first-order chi connectivity index (χ1) is 12.2. The van der Waals surface area contributed by atoms with Gasteiger partial charge in [0.05, 0.1) is 0 Å². The highest BCUT2D eigenvalue weighted by Crippen LogP contribution is 2.29. The number of hydrogen-bond donors (Lipinski definition) is 1. The molecule has 2 aliphatic rings. The fourth-order valence-electron chi connectivity index (χ4n) is 3.74. The summed E-state index contributed by atoms with van der Waals surface area (Å²) >= 11 is 0. The molecule has 6 nitrogen and oxygen atoms in total. The molecule has 0 atom stereocenters. The van der Waals surface area contributed by atoms with E-state index in [-0.39, 0.29) is 18.4 Å². The van der Waals surface area contributed by atoms with Crippen molar-refractivity contribution in [2.45, 2.75) is 44.7 Å². The average Bonchev–Trinajstić information content (AvgIpc) is 3.24. The fraction of sp³-hybridized carbons (Fsp3) is 0.500. The fourth-order valence-corrected chi connectivity index (χ4v) is 3.74. The molecule has 0 radical (unpaired) electrons. The third-order valence-electron chi connectivity index (χ3n) is 5.17. The van der Waals surface area contributed by atoms with E-state index in [0.29, 0.717) is 24.6 Å². The molecule has 1 N–H and O–H groups in total. The first-order valence-electron chi connectivity index (χ1n) is 8.90. The minimum atomic E-state index is -0.290. The number of aryl methyl sites for hydroxylation is 1. The Morgan fingerprint density at radius 2 is 2.00 bits per heavy atom. The Morgan fingerprint density at radius 1 is 1.20 bits per heavy atom. The number of hydrogen-bond acceptors (Lipinski definition) is 3. The Morgan fingerprint density at radius 3 is 2.80 bits per heavy atom. The van der Waals surface area contributed by atoms with Crippen LogP contribution in [-0.4, -0.2) is 38.8 Å². The zero-order valence-electron chi connectivity index (χ0n) is 14.1. The van der Waals surface area contributed by atoms with Crippen molar-refractivity contribution < 1.29 is 9.18 Å². The molecule has 1 aromatic heterocycles. The minimum Gasteiger partial charge on any atom is -0.334 e. The van der Waals surface area contributed by atoms with Gasteiger partial charge in [0.2, 0.25) is 0 Å². The van der Waals surface area contributed by atoms with Crippen LogP contribution in [0.1, 0.15) is 42.4 Å². The van der Waals surface area contributed by atoms with Gasteiger partial charge in [0.1, 0.15) is 17.5 Å². The van der Waals surface area contributed by atoms with Crippen LogP contribution in [0.15, 0.2) is 24.3 Å². The van der Waals surface area contributed by atoms with E-state index in [2.05, 4.69) is 20.1 Å². The molecule has 3 heterocycles. The summed E-state index contributed by atoms with van der Waals surface area (Å²) in [7, 11) is 0. The van der Waals surface area contributed by atoms with Crippen molar-refractivity contribution in [2.24, 2.45) is 0 Å². The summed E-state index contributed by atoms with van der Waals surface area (Å²) in [6, 6.07) is 6.38. The molecule has 1 fully saturated rings. The van der Waals surface area contributed by atoms with Gasteiger partial charge in [-0.15, -0.1) is 10.2 Å². The molecular weight excluding hydrogens is 321 g/mol. The van der Waals surface area contributed by atoms with E-state index in [9.17, 15) is 9.18 Å². The number of nitrogens with zero attached hydrogens (tertiary/aromatic N) is 4. The van der Waals surface area contributed by atoms with Crippen molar-refractivity contribution in [1.29, 1.82) is 0 Å². The molecule has 2 amide bonds. The second-order valence-corrected chi connectivity index (χ2v) is 6.74. The number of amides is 2. The topological polar surface area (TPSA) is 63.1 Å². The summed E-state index contributed by atoms with van der Waals surface area (Å²) in [5.74, 6) is 2.26. The zero-order chi connectivity index (χ0) is 17.2. The first-order valence-corrected chi connectivity index (χ1v) is 8.90. The van der Waals surface area contributed by atoms with Crippen LogP contribution in [0.4, 0.5) is 9.18 Å². The Kier molecular flexibility index (Phi) is 4.38. The molecule has 1 aromatic carbocycles. The molecule has 1 saturated heterocycles. The van der Waals surface area contributed by atoms with Crippen molar-refractivity contribution in [1.82, 2.24) is 25.0 Å². The van der Waals surface area contributed by atoms with Crippen LogP contribution in [0, 0.1) is 5.82 Å². The summed E-state index contributed by atoms with van der Waals surface area (Å²) in [4.78, 5) is 14.1. The number of likely N-dealkylation sites (tertiary alicyclic amines) is 1. The SMILES string of the molecule is O=C(NCc1ccccc1F)N1CCC(c2nnc3n2CCC3)CC1. The number of piperidine rings is 1. The van der Waals surface area contributed by atoms with Crippen LogP contribution in [-0.2, 0) is 19.5 Å². The van der Waals surface area contributed by atoms with E-state index in [1.165, 1.54) is 6.07 Å². The number of halogens is 1. The van der Waals surface area contributed by atoms with Crippen LogP contribution in [0.3, 0.4) is 0 Å². The quantitative estimate of drug-likeness (QED) is 0.931. The molecule has 0 aliphatic carbocycles. The van der Waals surface area contributed by atoms with Gasteiger partial charge in [-0.3, -0.25) is 0 Å². The number of carbonyl (C=O) groups excluding carboxylic acids is 1. The number of aromatic nitrogens is 3. The van der Waals surface area contributed by atoms with Crippen LogP contribution in [0.25, 0.3) is 0 Å². The monoisotopic (exact) mass is 343 g/mol. The summed E-state index contributed by atoms with van der Waals surface area (Å²) in [5, 5.41) is 11.5. The third kappa shape index (κ3) is 3.23. The molecule has 0 bridgehead atoms. The van der Waals surface area contributed by atoms with E-state index >= 15 is 0 Å². The number of benzene rings is 1. The van der Waals surface area contributed by atoms with Crippen LogP contribution >= 0.6 is 0 Å². The smallest absolute Gasteiger partial charge is 0.317 e. The maximum absolute atomic E-state index is 13.6. The lowest BCUT2D eigenvalue weighted by molar-refractivity contribution is 0.179. The van der Waals surface area contributed by atoms with Gasteiger partial charge in [0.25, 0.3) is 0 Å². The van der Waals surface area contributed by atoms with Crippen molar-refractivity contribution in [3.63, 3.8) is 0 Å². The van der Waals surface area contributed by atoms with Gasteiger partial charge in [0.15, 0.2) is 0 Å². The van der Waals surface area contributed by atoms with Crippen molar-refractivity contribution in [3.05, 3.63) is 47.3 Å². The van der Waals surface area contributed by atoms with E-state index in [4.69, 9.17) is 0 Å². The molecule has 2 aromatic rings. The van der Waals surface area contributed by atoms with Gasteiger partial charge in [0, 0.05) is 44.1 Å². The lowest BCUT2D eigenvalue weighted by Gasteiger charge is -2.31. The number of nitrogens with one attached hydrogen (secondary N) is 1. The maximum atomic E-state index is 13.6. The molecular formula is C18H22FN5O. The molecule has 0 spiro atoms. The third-order valence-corrected chi connectivity index (χ3v) is 5.17. The van der Waals surface area contributed by atoms with Gasteiger partial charge in [-0.1, -0.05) is 18.2 Å². The maximum Gasteiger partial charge on any atom is 0.317 e. The standard InChI is InChI=1S/C18H22FN5O/c19-15-5-2-1-4-14(15)12-20-18(25)23-10-7-13(8-11-23)17-22-21-16-6-3-9-24(16)17/h1-2,4-5,13H,3,6-12H2,(H,20,25). The lowest BCUT2D eigenvalue weighted by atomic mass is 9.96. The van der Waals surface area contributed by atoms with Gasteiger partial charge in [-0.25, -0.2) is 9.18 Å². The molecule has 7 heteroatoms. The lowest BCUT2D eigenvalue weighted by Crippen LogP contribution is -2.44. The highest BCUT2D eigenvalue weighted by atomic mass is 19.1. The van der Waals surface area contributed by atoms with Gasteiger partial charge >= 0.3 is 6.03 Å². The van der Waals surface area contributed by atoms with E-state index in [0.717, 1.165) is 43.9 Å². The highest BCUT2D eigenvalue weighted by molar-refractivity contribution is 5.74. The minimum absolute atomic E-state index is 0.131. The number of carbonyl (C=O) groups is 1. The number of fused-ring (bicyclic) bond motifs is 1. The largest absolute Gasteiger partial charge is 0.334 e. The van der Waals surface area contributed by atoms with Crippen LogP contribution in [0.2, 0.25) is 0 Å². The van der Waals surface area contributed by atoms with Gasteiger partial charge in [-0.2, -0.15) is 0 Å². The molecule has 4 rings (SSSR count). The second-order valence-electron chi connectivity index (χ2n) is 6.74. The van der Waals surface area contributed by atoms with Crippen LogP contribution in [0.5, 0.6) is 0 Å². The van der Waals surface area contributed by atoms with Gasteiger partial charge < -0.3 is 14.8 Å². The highest BCUT2D eigenvalue weighted by Gasteiger charge is 2.29. The Hall–Kier alpha value is -2.44. The van der Waals surface area contributed by atoms with Gasteiger partial charge in [-0.05, 0) is 25.3 Å². The summed E-state index contributed by atoms with van der Waals surface area (Å²) in [5.41, 5.74) is 0.504. The Balaban J connectivity index is 1.31.